The lowest BCUT2D eigenvalue weighted by Crippen LogP contribution is -2.20. The highest BCUT2D eigenvalue weighted by Crippen LogP contribution is 2.27. The number of likely N-dealkylation sites (tertiary alicyclic amines) is 1. The maximum absolute atomic E-state index is 13.3. The molecule has 0 radical (unpaired) electrons. The van der Waals surface area contributed by atoms with E-state index in [1.165, 1.54) is 12.1 Å². The molecule has 1 aliphatic rings. The van der Waals surface area contributed by atoms with Crippen LogP contribution in [0.15, 0.2) is 23.1 Å². The Balaban J connectivity index is 2.22. The second-order valence-corrected chi connectivity index (χ2v) is 7.48. The van der Waals surface area contributed by atoms with Crippen molar-refractivity contribution >= 4 is 19.7 Å². The van der Waals surface area contributed by atoms with Crippen molar-refractivity contribution in [2.75, 3.05) is 19.6 Å². The van der Waals surface area contributed by atoms with Gasteiger partial charge in [0, 0.05) is 17.2 Å². The summed E-state index contributed by atoms with van der Waals surface area (Å²) in [6.07, 6.45) is 1.56. The lowest BCUT2D eigenvalue weighted by atomic mass is 9.98. The molecule has 0 aliphatic carbocycles. The number of halogens is 2. The topological polar surface area (TPSA) is 37.4 Å². The van der Waals surface area contributed by atoms with Crippen molar-refractivity contribution in [2.45, 2.75) is 24.7 Å². The zero-order valence-electron chi connectivity index (χ0n) is 10.8. The standard InChI is InChI=1S/C13H17ClFNO2S/c1-2-16-6-5-10(9-16)7-11-8-12(15)3-4-13(11)19(14,17)18/h3-4,8,10H,2,5-7,9H2,1H3. The minimum absolute atomic E-state index is 0.0329. The molecule has 1 fully saturated rings. The highest BCUT2D eigenvalue weighted by atomic mass is 35.7. The molecule has 1 atom stereocenters. The van der Waals surface area contributed by atoms with E-state index in [2.05, 4.69) is 11.8 Å². The molecule has 1 heterocycles. The molecule has 0 aromatic heterocycles. The molecular weight excluding hydrogens is 289 g/mol. The van der Waals surface area contributed by atoms with Crippen LogP contribution in [-0.2, 0) is 15.5 Å². The largest absolute Gasteiger partial charge is 0.303 e. The van der Waals surface area contributed by atoms with Gasteiger partial charge in [-0.1, -0.05) is 6.92 Å². The lowest BCUT2D eigenvalue weighted by molar-refractivity contribution is 0.341. The predicted molar refractivity (Wildman–Crippen MR) is 73.4 cm³/mol. The maximum atomic E-state index is 13.3. The molecule has 1 aromatic rings. The minimum atomic E-state index is -3.82. The summed E-state index contributed by atoms with van der Waals surface area (Å²) >= 11 is 0. The van der Waals surface area contributed by atoms with Gasteiger partial charge < -0.3 is 4.90 Å². The molecule has 6 heteroatoms. The van der Waals surface area contributed by atoms with E-state index in [0.717, 1.165) is 32.1 Å². The average molecular weight is 306 g/mol. The van der Waals surface area contributed by atoms with Gasteiger partial charge in [-0.05, 0) is 55.6 Å². The first kappa shape index (κ1) is 14.8. The van der Waals surface area contributed by atoms with Crippen LogP contribution in [-0.4, -0.2) is 33.0 Å². The van der Waals surface area contributed by atoms with E-state index in [1.807, 2.05) is 0 Å². The van der Waals surface area contributed by atoms with Gasteiger partial charge in [-0.3, -0.25) is 0 Å². The number of hydrogen-bond acceptors (Lipinski definition) is 3. The zero-order chi connectivity index (χ0) is 14.0. The van der Waals surface area contributed by atoms with Crippen molar-refractivity contribution in [1.29, 1.82) is 0 Å². The third kappa shape index (κ3) is 3.68. The predicted octanol–water partition coefficient (Wildman–Crippen LogP) is 2.64. The van der Waals surface area contributed by atoms with Crippen LogP contribution in [0.25, 0.3) is 0 Å². The van der Waals surface area contributed by atoms with Crippen LogP contribution >= 0.6 is 10.7 Å². The zero-order valence-corrected chi connectivity index (χ0v) is 12.3. The van der Waals surface area contributed by atoms with Gasteiger partial charge >= 0.3 is 0 Å². The first-order valence-corrected chi connectivity index (χ1v) is 8.66. The molecule has 0 amide bonds. The van der Waals surface area contributed by atoms with E-state index in [-0.39, 0.29) is 4.90 Å². The van der Waals surface area contributed by atoms with Gasteiger partial charge in [0.2, 0.25) is 0 Å². The summed E-state index contributed by atoms with van der Waals surface area (Å²) in [6, 6.07) is 3.66. The van der Waals surface area contributed by atoms with Crippen molar-refractivity contribution < 1.29 is 12.8 Å². The molecule has 19 heavy (non-hydrogen) atoms. The maximum Gasteiger partial charge on any atom is 0.261 e. The first-order valence-electron chi connectivity index (χ1n) is 6.35. The van der Waals surface area contributed by atoms with E-state index >= 15 is 0 Å². The Labute approximate surface area is 117 Å². The van der Waals surface area contributed by atoms with Gasteiger partial charge in [-0.15, -0.1) is 0 Å². The Bertz CT molecular complexity index is 562. The molecule has 2 rings (SSSR count). The van der Waals surface area contributed by atoms with Crippen molar-refractivity contribution in [3.63, 3.8) is 0 Å². The van der Waals surface area contributed by atoms with Gasteiger partial charge in [-0.25, -0.2) is 12.8 Å². The highest BCUT2D eigenvalue weighted by Gasteiger charge is 2.24. The quantitative estimate of drug-likeness (QED) is 0.803. The fourth-order valence-electron chi connectivity index (χ4n) is 2.62. The van der Waals surface area contributed by atoms with Crippen LogP contribution in [0.4, 0.5) is 4.39 Å². The molecule has 106 valence electrons. The Hall–Kier alpha value is -0.650. The normalized spacial score (nSPS) is 20.9. The lowest BCUT2D eigenvalue weighted by Gasteiger charge is -2.14. The molecule has 3 nitrogen and oxygen atoms in total. The summed E-state index contributed by atoms with van der Waals surface area (Å²) in [5, 5.41) is 0. The van der Waals surface area contributed by atoms with Gasteiger partial charge in [0.25, 0.3) is 9.05 Å². The summed E-state index contributed by atoms with van der Waals surface area (Å²) in [4.78, 5) is 2.34. The van der Waals surface area contributed by atoms with Crippen molar-refractivity contribution in [1.82, 2.24) is 4.90 Å². The van der Waals surface area contributed by atoms with Crippen LogP contribution in [0.3, 0.4) is 0 Å². The van der Waals surface area contributed by atoms with Crippen LogP contribution in [0.2, 0.25) is 0 Å². The second kappa shape index (κ2) is 5.77. The molecular formula is C13H17ClFNO2S. The first-order chi connectivity index (χ1) is 8.90. The van der Waals surface area contributed by atoms with E-state index in [9.17, 15) is 12.8 Å². The van der Waals surface area contributed by atoms with Gasteiger partial charge in [0.05, 0.1) is 4.90 Å². The summed E-state index contributed by atoms with van der Waals surface area (Å²) < 4.78 is 36.3. The third-order valence-corrected chi connectivity index (χ3v) is 5.03. The Morgan fingerprint density at radius 1 is 1.47 bits per heavy atom. The van der Waals surface area contributed by atoms with Gasteiger partial charge in [0.1, 0.15) is 5.82 Å². The number of benzene rings is 1. The molecule has 1 unspecified atom stereocenters. The minimum Gasteiger partial charge on any atom is -0.303 e. The second-order valence-electron chi connectivity index (χ2n) is 4.94. The summed E-state index contributed by atoms with van der Waals surface area (Å²) in [7, 11) is 1.58. The summed E-state index contributed by atoms with van der Waals surface area (Å²) in [5.41, 5.74) is 0.484. The number of nitrogens with zero attached hydrogens (tertiary/aromatic N) is 1. The van der Waals surface area contributed by atoms with E-state index in [1.54, 1.807) is 0 Å². The average Bonchev–Trinajstić information content (AvgIpc) is 2.75. The fourth-order valence-corrected chi connectivity index (χ4v) is 3.76. The van der Waals surface area contributed by atoms with Crippen LogP contribution in [0.1, 0.15) is 18.9 Å². The van der Waals surface area contributed by atoms with Gasteiger partial charge in [0.15, 0.2) is 0 Å². The molecule has 1 aromatic carbocycles. The number of hydrogen-bond donors (Lipinski definition) is 0. The summed E-state index contributed by atoms with van der Waals surface area (Å²) in [6.45, 7) is 5.02. The monoisotopic (exact) mass is 305 g/mol. The van der Waals surface area contributed by atoms with E-state index < -0.39 is 14.9 Å². The Morgan fingerprint density at radius 2 is 2.21 bits per heavy atom. The van der Waals surface area contributed by atoms with Crippen molar-refractivity contribution in [3.05, 3.63) is 29.6 Å². The smallest absolute Gasteiger partial charge is 0.261 e. The van der Waals surface area contributed by atoms with Crippen LogP contribution in [0.5, 0.6) is 0 Å². The number of rotatable bonds is 4. The summed E-state index contributed by atoms with van der Waals surface area (Å²) in [5.74, 6) is -0.0664. The third-order valence-electron chi connectivity index (χ3n) is 3.61. The molecule has 1 aliphatic heterocycles. The molecule has 1 saturated heterocycles. The highest BCUT2D eigenvalue weighted by molar-refractivity contribution is 8.13. The molecule has 0 bridgehead atoms. The Kier molecular flexibility index (Phi) is 4.48. The Morgan fingerprint density at radius 3 is 2.79 bits per heavy atom. The van der Waals surface area contributed by atoms with E-state index in [0.29, 0.717) is 17.9 Å². The van der Waals surface area contributed by atoms with Crippen molar-refractivity contribution in [3.8, 4) is 0 Å². The van der Waals surface area contributed by atoms with Crippen LogP contribution < -0.4 is 0 Å². The molecule has 0 spiro atoms. The molecule has 0 N–H and O–H groups in total. The molecule has 0 saturated carbocycles. The fraction of sp³-hybridized carbons (Fsp3) is 0.538. The van der Waals surface area contributed by atoms with Gasteiger partial charge in [-0.2, -0.15) is 0 Å². The van der Waals surface area contributed by atoms with E-state index in [4.69, 9.17) is 10.7 Å². The SMILES string of the molecule is CCN1CCC(Cc2cc(F)ccc2S(=O)(=O)Cl)C1. The van der Waals surface area contributed by atoms with Crippen molar-refractivity contribution in [2.24, 2.45) is 5.92 Å². The van der Waals surface area contributed by atoms with Crippen LogP contribution in [0, 0.1) is 11.7 Å².